The molecule has 2 unspecified atom stereocenters. The molecule has 2 N–H and O–H groups in total. The Balaban J connectivity index is 0.00000180. The molecule has 1 amide bonds. The fourth-order valence-corrected chi connectivity index (χ4v) is 2.96. The van der Waals surface area contributed by atoms with E-state index in [1.54, 1.807) is 11.4 Å². The van der Waals surface area contributed by atoms with Crippen LogP contribution >= 0.6 is 23.7 Å². The zero-order valence-corrected chi connectivity index (χ0v) is 12.7. The summed E-state index contributed by atoms with van der Waals surface area (Å²) in [6.45, 7) is 5.53. The van der Waals surface area contributed by atoms with Gasteiger partial charge in [0.25, 0.3) is 5.91 Å². The van der Waals surface area contributed by atoms with E-state index in [1.807, 2.05) is 0 Å². The van der Waals surface area contributed by atoms with Gasteiger partial charge in [-0.25, -0.2) is 0 Å². The minimum absolute atomic E-state index is 0. The number of thiophene rings is 1. The minimum Gasteiger partial charge on any atom is -0.348 e. The van der Waals surface area contributed by atoms with E-state index in [0.717, 1.165) is 19.5 Å². The second kappa shape index (κ2) is 7.03. The molecule has 2 rings (SSSR count). The molecule has 0 aromatic carbocycles. The average molecular weight is 303 g/mol. The number of hydrogen-bond donors (Lipinski definition) is 2. The first kappa shape index (κ1) is 16.1. The van der Waals surface area contributed by atoms with Crippen molar-refractivity contribution in [2.75, 3.05) is 13.1 Å². The Kier molecular flexibility index (Phi) is 5.97. The lowest BCUT2D eigenvalue weighted by atomic mass is 9.95. The summed E-state index contributed by atoms with van der Waals surface area (Å²) in [5.41, 5.74) is 0.614. The lowest BCUT2D eigenvalue weighted by Gasteiger charge is -2.30. The van der Waals surface area contributed by atoms with Gasteiger partial charge < -0.3 is 10.6 Å². The number of halogens is 1. The molecule has 2 atom stereocenters. The zero-order chi connectivity index (χ0) is 13.1. The number of rotatable bonds is 3. The van der Waals surface area contributed by atoms with Gasteiger partial charge in [-0.2, -0.15) is 0 Å². The highest BCUT2D eigenvalue weighted by Crippen LogP contribution is 2.17. The van der Waals surface area contributed by atoms with Crippen molar-refractivity contribution in [1.29, 1.82) is 0 Å². The summed E-state index contributed by atoms with van der Waals surface area (Å²) in [5, 5.41) is 8.10. The van der Waals surface area contributed by atoms with Crippen LogP contribution in [-0.4, -0.2) is 30.8 Å². The maximum absolute atomic E-state index is 12.1. The van der Waals surface area contributed by atoms with Crippen molar-refractivity contribution >= 4 is 35.4 Å². The Labute approximate surface area is 123 Å². The predicted octanol–water partition coefficient (Wildman–Crippen LogP) is 2.10. The number of Topliss-reactive ketones (excluding diaryl/α,β-unsaturated/α-hetero) is 1. The van der Waals surface area contributed by atoms with Gasteiger partial charge in [0.2, 0.25) is 0 Å². The molecule has 6 heteroatoms. The molecule has 0 radical (unpaired) electrons. The molecule has 1 saturated heterocycles. The van der Waals surface area contributed by atoms with Gasteiger partial charge in [0.15, 0.2) is 5.78 Å². The standard InChI is InChI=1S/C13H18N2O2S.ClH/c1-8-6-14-4-3-11(8)15-13(17)12-5-10(7-18-12)9(2)16;/h5,7-8,11,14H,3-4,6H2,1-2H3,(H,15,17);1H. The van der Waals surface area contributed by atoms with Crippen LogP contribution in [0, 0.1) is 5.92 Å². The molecular formula is C13H19ClN2O2S. The molecule has 1 aromatic rings. The van der Waals surface area contributed by atoms with Crippen LogP contribution in [0.5, 0.6) is 0 Å². The van der Waals surface area contributed by atoms with E-state index in [-0.39, 0.29) is 30.1 Å². The Morgan fingerprint density at radius 3 is 2.79 bits per heavy atom. The molecule has 0 aliphatic carbocycles. The summed E-state index contributed by atoms with van der Waals surface area (Å²) >= 11 is 1.33. The number of carbonyl (C=O) groups is 2. The Morgan fingerprint density at radius 1 is 1.47 bits per heavy atom. The fourth-order valence-electron chi connectivity index (χ4n) is 2.11. The summed E-state index contributed by atoms with van der Waals surface area (Å²) in [6.07, 6.45) is 0.956. The van der Waals surface area contributed by atoms with E-state index in [4.69, 9.17) is 0 Å². The highest BCUT2D eigenvalue weighted by atomic mass is 35.5. The van der Waals surface area contributed by atoms with Gasteiger partial charge in [-0.05, 0) is 38.4 Å². The quantitative estimate of drug-likeness (QED) is 0.841. The van der Waals surface area contributed by atoms with Crippen LogP contribution in [0.2, 0.25) is 0 Å². The molecule has 2 heterocycles. The van der Waals surface area contributed by atoms with Gasteiger partial charge in [-0.3, -0.25) is 9.59 Å². The molecule has 0 bridgehead atoms. The average Bonchev–Trinajstić information content (AvgIpc) is 2.81. The summed E-state index contributed by atoms with van der Waals surface area (Å²) in [6, 6.07) is 1.90. The number of hydrogen-bond acceptors (Lipinski definition) is 4. The monoisotopic (exact) mass is 302 g/mol. The largest absolute Gasteiger partial charge is 0.348 e. The number of nitrogens with one attached hydrogen (secondary N) is 2. The van der Waals surface area contributed by atoms with Gasteiger partial charge in [0, 0.05) is 17.0 Å². The maximum Gasteiger partial charge on any atom is 0.261 e. The first-order valence-corrected chi connectivity index (χ1v) is 7.07. The van der Waals surface area contributed by atoms with E-state index >= 15 is 0 Å². The van der Waals surface area contributed by atoms with Crippen molar-refractivity contribution in [3.63, 3.8) is 0 Å². The molecule has 4 nitrogen and oxygen atoms in total. The number of piperidine rings is 1. The van der Waals surface area contributed by atoms with Crippen LogP contribution in [0.1, 0.15) is 40.3 Å². The molecule has 1 aliphatic rings. The normalized spacial score (nSPS) is 22.4. The molecule has 19 heavy (non-hydrogen) atoms. The van der Waals surface area contributed by atoms with Crippen LogP contribution in [0.25, 0.3) is 0 Å². The molecule has 1 fully saturated rings. The van der Waals surface area contributed by atoms with Gasteiger partial charge >= 0.3 is 0 Å². The van der Waals surface area contributed by atoms with Gasteiger partial charge in [-0.1, -0.05) is 6.92 Å². The lowest BCUT2D eigenvalue weighted by molar-refractivity contribution is 0.0918. The third-order valence-electron chi connectivity index (χ3n) is 3.33. The van der Waals surface area contributed by atoms with Crippen molar-refractivity contribution in [3.05, 3.63) is 21.9 Å². The maximum atomic E-state index is 12.1. The summed E-state index contributed by atoms with van der Waals surface area (Å²) in [4.78, 5) is 23.9. The summed E-state index contributed by atoms with van der Waals surface area (Å²) in [7, 11) is 0. The van der Waals surface area contributed by atoms with E-state index in [9.17, 15) is 9.59 Å². The molecule has 0 saturated carbocycles. The van der Waals surface area contributed by atoms with E-state index in [0.29, 0.717) is 16.4 Å². The van der Waals surface area contributed by atoms with Crippen molar-refractivity contribution in [2.24, 2.45) is 5.92 Å². The van der Waals surface area contributed by atoms with Crippen molar-refractivity contribution in [2.45, 2.75) is 26.3 Å². The number of ketones is 1. The van der Waals surface area contributed by atoms with Crippen LogP contribution in [0.4, 0.5) is 0 Å². The van der Waals surface area contributed by atoms with Crippen LogP contribution < -0.4 is 10.6 Å². The van der Waals surface area contributed by atoms with Gasteiger partial charge in [0.05, 0.1) is 4.88 Å². The second-order valence-electron chi connectivity index (χ2n) is 4.81. The predicted molar refractivity (Wildman–Crippen MR) is 79.5 cm³/mol. The van der Waals surface area contributed by atoms with E-state index in [1.165, 1.54) is 18.3 Å². The first-order valence-electron chi connectivity index (χ1n) is 6.19. The minimum atomic E-state index is -0.0637. The highest BCUT2D eigenvalue weighted by Gasteiger charge is 2.23. The van der Waals surface area contributed by atoms with Crippen LogP contribution in [-0.2, 0) is 0 Å². The molecule has 106 valence electrons. The van der Waals surface area contributed by atoms with E-state index in [2.05, 4.69) is 17.6 Å². The number of carbonyl (C=O) groups excluding carboxylic acids is 2. The van der Waals surface area contributed by atoms with Crippen molar-refractivity contribution in [3.8, 4) is 0 Å². The zero-order valence-electron chi connectivity index (χ0n) is 11.1. The molecule has 1 aromatic heterocycles. The third-order valence-corrected chi connectivity index (χ3v) is 4.26. The third kappa shape index (κ3) is 4.03. The van der Waals surface area contributed by atoms with Crippen molar-refractivity contribution in [1.82, 2.24) is 10.6 Å². The van der Waals surface area contributed by atoms with Crippen molar-refractivity contribution < 1.29 is 9.59 Å². The topological polar surface area (TPSA) is 58.2 Å². The molecule has 0 spiro atoms. The first-order chi connectivity index (χ1) is 8.58. The second-order valence-corrected chi connectivity index (χ2v) is 5.72. The smallest absolute Gasteiger partial charge is 0.261 e. The fraction of sp³-hybridized carbons (Fsp3) is 0.538. The van der Waals surface area contributed by atoms with Gasteiger partial charge in [0.1, 0.15) is 0 Å². The Morgan fingerprint density at radius 2 is 2.21 bits per heavy atom. The molecular weight excluding hydrogens is 284 g/mol. The summed E-state index contributed by atoms with van der Waals surface area (Å²) in [5.74, 6) is 0.377. The van der Waals surface area contributed by atoms with Crippen LogP contribution in [0.15, 0.2) is 11.4 Å². The number of amides is 1. The Bertz CT molecular complexity index is 461. The lowest BCUT2D eigenvalue weighted by Crippen LogP contribution is -2.48. The van der Waals surface area contributed by atoms with Gasteiger partial charge in [-0.15, -0.1) is 23.7 Å². The summed E-state index contributed by atoms with van der Waals surface area (Å²) < 4.78 is 0. The Hall–Kier alpha value is -0.910. The highest BCUT2D eigenvalue weighted by molar-refractivity contribution is 7.12. The molecule has 1 aliphatic heterocycles. The SMILES string of the molecule is CC(=O)c1csc(C(=O)NC2CCNCC2C)c1.Cl. The van der Waals surface area contributed by atoms with Crippen LogP contribution in [0.3, 0.4) is 0 Å². The van der Waals surface area contributed by atoms with E-state index < -0.39 is 0 Å².